The molecule has 1 aliphatic heterocycles. The number of aliphatic carboxylic acids is 1. The molecule has 0 radical (unpaired) electrons. The Hall–Kier alpha value is -1.39. The average Bonchev–Trinajstić information content (AvgIpc) is 2.95. The van der Waals surface area contributed by atoms with Crippen LogP contribution in [0, 0.1) is 11.8 Å². The summed E-state index contributed by atoms with van der Waals surface area (Å²) in [6.45, 7) is 7.72. The van der Waals surface area contributed by atoms with E-state index in [1.165, 1.54) is 5.56 Å². The van der Waals surface area contributed by atoms with E-state index in [-0.39, 0.29) is 11.8 Å². The molecular formula is C17H26N2O2. The molecule has 0 saturated carbocycles. The van der Waals surface area contributed by atoms with Crippen LogP contribution in [-0.2, 0) is 4.79 Å². The van der Waals surface area contributed by atoms with Gasteiger partial charge in [0.25, 0.3) is 0 Å². The van der Waals surface area contributed by atoms with Gasteiger partial charge in [-0.15, -0.1) is 0 Å². The van der Waals surface area contributed by atoms with Gasteiger partial charge in [-0.25, -0.2) is 0 Å². The fourth-order valence-corrected chi connectivity index (χ4v) is 3.12. The van der Waals surface area contributed by atoms with Crippen molar-refractivity contribution >= 4 is 5.97 Å². The van der Waals surface area contributed by atoms with Crippen LogP contribution in [0.4, 0.5) is 0 Å². The molecule has 1 aromatic rings. The number of carbonyl (C=O) groups is 1. The summed E-state index contributed by atoms with van der Waals surface area (Å²) in [5.41, 5.74) is 1.30. The summed E-state index contributed by atoms with van der Waals surface area (Å²) < 4.78 is 0. The molecule has 0 aliphatic carbocycles. The zero-order valence-corrected chi connectivity index (χ0v) is 13.0. The molecule has 1 heterocycles. The maximum Gasteiger partial charge on any atom is 0.306 e. The predicted octanol–water partition coefficient (Wildman–Crippen LogP) is 2.38. The molecule has 1 fully saturated rings. The van der Waals surface area contributed by atoms with Crippen molar-refractivity contribution in [1.29, 1.82) is 0 Å². The van der Waals surface area contributed by atoms with E-state index < -0.39 is 5.97 Å². The number of likely N-dealkylation sites (tertiary alicyclic amines) is 1. The van der Waals surface area contributed by atoms with Crippen molar-refractivity contribution < 1.29 is 9.90 Å². The Morgan fingerprint density at radius 3 is 2.76 bits per heavy atom. The Morgan fingerprint density at radius 1 is 1.43 bits per heavy atom. The third kappa shape index (κ3) is 4.29. The van der Waals surface area contributed by atoms with Crippen LogP contribution < -0.4 is 5.32 Å². The van der Waals surface area contributed by atoms with Crippen LogP contribution in [0.15, 0.2) is 30.3 Å². The van der Waals surface area contributed by atoms with Gasteiger partial charge in [-0.2, -0.15) is 0 Å². The third-order valence-electron chi connectivity index (χ3n) is 4.50. The van der Waals surface area contributed by atoms with Crippen molar-refractivity contribution in [3.8, 4) is 0 Å². The van der Waals surface area contributed by atoms with Crippen LogP contribution in [0.1, 0.15) is 31.9 Å². The molecule has 4 nitrogen and oxygen atoms in total. The number of carboxylic acid groups (broad SMARTS) is 1. The van der Waals surface area contributed by atoms with Crippen molar-refractivity contribution in [2.24, 2.45) is 11.8 Å². The molecular weight excluding hydrogens is 264 g/mol. The molecule has 4 heteroatoms. The quantitative estimate of drug-likeness (QED) is 0.809. The number of rotatable bonds is 7. The highest BCUT2D eigenvalue weighted by Crippen LogP contribution is 2.26. The Kier molecular flexibility index (Phi) is 5.76. The highest BCUT2D eigenvalue weighted by Gasteiger charge is 2.31. The van der Waals surface area contributed by atoms with Crippen molar-refractivity contribution in [2.45, 2.75) is 26.3 Å². The van der Waals surface area contributed by atoms with Crippen molar-refractivity contribution in [1.82, 2.24) is 10.2 Å². The van der Waals surface area contributed by atoms with Crippen molar-refractivity contribution in [2.75, 3.05) is 26.2 Å². The summed E-state index contributed by atoms with van der Waals surface area (Å²) in [5.74, 6) is -0.641. The van der Waals surface area contributed by atoms with Crippen LogP contribution in [0.25, 0.3) is 0 Å². The van der Waals surface area contributed by atoms with E-state index in [2.05, 4.69) is 41.4 Å². The van der Waals surface area contributed by atoms with E-state index in [1.807, 2.05) is 13.0 Å². The number of nitrogens with one attached hydrogen (secondary N) is 1. The van der Waals surface area contributed by atoms with Crippen molar-refractivity contribution in [3.05, 3.63) is 35.9 Å². The first kappa shape index (κ1) is 16.0. The van der Waals surface area contributed by atoms with Crippen LogP contribution in [0.5, 0.6) is 0 Å². The summed E-state index contributed by atoms with van der Waals surface area (Å²) in [5, 5.41) is 12.7. The summed E-state index contributed by atoms with van der Waals surface area (Å²) in [6.07, 6.45) is 0.987. The SMILES string of the molecule is CCN[C@H](CN1CCC(C(C)C(=O)O)C1)c1ccccc1. The summed E-state index contributed by atoms with van der Waals surface area (Å²) >= 11 is 0. The lowest BCUT2D eigenvalue weighted by atomic mass is 9.93. The van der Waals surface area contributed by atoms with E-state index >= 15 is 0 Å². The van der Waals surface area contributed by atoms with Gasteiger partial charge in [0.15, 0.2) is 0 Å². The zero-order valence-electron chi connectivity index (χ0n) is 13.0. The number of carboxylic acids is 1. The largest absolute Gasteiger partial charge is 0.481 e. The van der Waals surface area contributed by atoms with Gasteiger partial charge in [-0.1, -0.05) is 44.2 Å². The van der Waals surface area contributed by atoms with Crippen LogP contribution in [-0.4, -0.2) is 42.2 Å². The van der Waals surface area contributed by atoms with Gasteiger partial charge in [0, 0.05) is 19.1 Å². The van der Waals surface area contributed by atoms with Gasteiger partial charge < -0.3 is 15.3 Å². The van der Waals surface area contributed by atoms with Gasteiger partial charge in [-0.05, 0) is 31.0 Å². The van der Waals surface area contributed by atoms with E-state index in [9.17, 15) is 4.79 Å². The minimum atomic E-state index is -0.673. The summed E-state index contributed by atoms with van der Waals surface area (Å²) in [6, 6.07) is 10.8. The molecule has 0 amide bonds. The van der Waals surface area contributed by atoms with Gasteiger partial charge >= 0.3 is 5.97 Å². The molecule has 2 N–H and O–H groups in total. The fraction of sp³-hybridized carbons (Fsp3) is 0.588. The molecule has 2 unspecified atom stereocenters. The summed E-state index contributed by atoms with van der Waals surface area (Å²) in [4.78, 5) is 13.5. The van der Waals surface area contributed by atoms with E-state index in [1.54, 1.807) is 0 Å². The molecule has 0 bridgehead atoms. The van der Waals surface area contributed by atoms with Crippen molar-refractivity contribution in [3.63, 3.8) is 0 Å². The maximum atomic E-state index is 11.1. The average molecular weight is 290 g/mol. The Labute approximate surface area is 127 Å². The second kappa shape index (κ2) is 7.57. The normalized spacial score (nSPS) is 22.1. The first-order valence-corrected chi connectivity index (χ1v) is 7.85. The first-order chi connectivity index (χ1) is 10.1. The maximum absolute atomic E-state index is 11.1. The standard InChI is InChI=1S/C17H26N2O2/c1-3-18-16(14-7-5-4-6-8-14)12-19-10-9-15(11-19)13(2)17(20)21/h4-8,13,15-16,18H,3,9-12H2,1-2H3,(H,20,21)/t13?,15?,16-/m1/s1. The zero-order chi connectivity index (χ0) is 15.2. The Balaban J connectivity index is 1.95. The molecule has 1 aliphatic rings. The van der Waals surface area contributed by atoms with Gasteiger partial charge in [0.2, 0.25) is 0 Å². The number of benzene rings is 1. The van der Waals surface area contributed by atoms with E-state index in [0.29, 0.717) is 6.04 Å². The van der Waals surface area contributed by atoms with Crippen LogP contribution in [0.2, 0.25) is 0 Å². The Bertz CT molecular complexity index is 449. The number of likely N-dealkylation sites (N-methyl/N-ethyl adjacent to an activating group) is 1. The van der Waals surface area contributed by atoms with Crippen LogP contribution >= 0.6 is 0 Å². The molecule has 21 heavy (non-hydrogen) atoms. The lowest BCUT2D eigenvalue weighted by Gasteiger charge is -2.25. The predicted molar refractivity (Wildman–Crippen MR) is 84.2 cm³/mol. The molecule has 3 atom stereocenters. The molecule has 116 valence electrons. The topological polar surface area (TPSA) is 52.6 Å². The first-order valence-electron chi connectivity index (χ1n) is 7.85. The minimum absolute atomic E-state index is 0.246. The summed E-state index contributed by atoms with van der Waals surface area (Å²) in [7, 11) is 0. The van der Waals surface area contributed by atoms with Crippen LogP contribution in [0.3, 0.4) is 0 Å². The number of nitrogens with zero attached hydrogens (tertiary/aromatic N) is 1. The second-order valence-electron chi connectivity index (χ2n) is 5.96. The van der Waals surface area contributed by atoms with E-state index in [0.717, 1.165) is 32.6 Å². The molecule has 1 saturated heterocycles. The number of hydrogen-bond donors (Lipinski definition) is 2. The molecule has 0 spiro atoms. The molecule has 0 aromatic heterocycles. The third-order valence-corrected chi connectivity index (χ3v) is 4.50. The fourth-order valence-electron chi connectivity index (χ4n) is 3.12. The highest BCUT2D eigenvalue weighted by molar-refractivity contribution is 5.69. The molecule has 2 rings (SSSR count). The molecule has 1 aromatic carbocycles. The number of hydrogen-bond acceptors (Lipinski definition) is 3. The highest BCUT2D eigenvalue weighted by atomic mass is 16.4. The smallest absolute Gasteiger partial charge is 0.306 e. The lowest BCUT2D eigenvalue weighted by molar-refractivity contribution is -0.142. The van der Waals surface area contributed by atoms with Gasteiger partial charge in [0.05, 0.1) is 5.92 Å². The lowest BCUT2D eigenvalue weighted by Crippen LogP contribution is -2.34. The second-order valence-corrected chi connectivity index (χ2v) is 5.96. The monoisotopic (exact) mass is 290 g/mol. The van der Waals surface area contributed by atoms with Gasteiger partial charge in [0.1, 0.15) is 0 Å². The van der Waals surface area contributed by atoms with Gasteiger partial charge in [-0.3, -0.25) is 4.79 Å². The van der Waals surface area contributed by atoms with E-state index in [4.69, 9.17) is 5.11 Å². The minimum Gasteiger partial charge on any atom is -0.481 e. The Morgan fingerprint density at radius 2 is 2.14 bits per heavy atom.